The zero-order valence-corrected chi connectivity index (χ0v) is 15.1. The van der Waals surface area contributed by atoms with Gasteiger partial charge in [0.1, 0.15) is 6.33 Å². The summed E-state index contributed by atoms with van der Waals surface area (Å²) in [5.74, 6) is 0. The first-order chi connectivity index (χ1) is 13.3. The molecule has 27 heavy (non-hydrogen) atoms. The average Bonchev–Trinajstić information content (AvgIpc) is 3.12. The molecule has 0 aliphatic rings. The van der Waals surface area contributed by atoms with Crippen molar-refractivity contribution in [3.63, 3.8) is 0 Å². The predicted octanol–water partition coefficient (Wildman–Crippen LogP) is 6.05. The van der Waals surface area contributed by atoms with Crippen LogP contribution in [0.15, 0.2) is 79.1 Å². The molecule has 0 amide bonds. The van der Waals surface area contributed by atoms with Crippen molar-refractivity contribution in [1.82, 2.24) is 9.97 Å². The Morgan fingerprint density at radius 2 is 1.41 bits per heavy atom. The highest BCUT2D eigenvalue weighted by molar-refractivity contribution is 7.25. The molecule has 3 aromatic carbocycles. The minimum Gasteiger partial charge on any atom is -0.236 e. The van der Waals surface area contributed by atoms with Crippen molar-refractivity contribution in [1.29, 1.82) is 5.26 Å². The van der Waals surface area contributed by atoms with Crippen LogP contribution in [-0.4, -0.2) is 9.97 Å². The number of nitrogens with zero attached hydrogens (tertiary/aromatic N) is 3. The Bertz CT molecular complexity index is 1330. The third kappa shape index (κ3) is 2.75. The van der Waals surface area contributed by atoms with Gasteiger partial charge in [-0.05, 0) is 30.3 Å². The third-order valence-corrected chi connectivity index (χ3v) is 5.78. The van der Waals surface area contributed by atoms with E-state index < -0.39 is 0 Å². The molecule has 0 aliphatic carbocycles. The molecule has 126 valence electrons. The van der Waals surface area contributed by atoms with E-state index in [1.807, 2.05) is 18.2 Å². The summed E-state index contributed by atoms with van der Waals surface area (Å²) in [6.45, 7) is 0. The largest absolute Gasteiger partial charge is 0.236 e. The van der Waals surface area contributed by atoms with Gasteiger partial charge in [0.15, 0.2) is 0 Å². The number of benzene rings is 3. The second kappa shape index (κ2) is 6.31. The Labute approximate surface area is 160 Å². The highest BCUT2D eigenvalue weighted by atomic mass is 32.1. The van der Waals surface area contributed by atoms with E-state index in [1.54, 1.807) is 29.8 Å². The van der Waals surface area contributed by atoms with Crippen LogP contribution >= 0.6 is 11.3 Å². The molecule has 5 aromatic rings. The molecule has 0 radical (unpaired) electrons. The molecule has 0 atom stereocenters. The van der Waals surface area contributed by atoms with Crippen molar-refractivity contribution in [2.75, 3.05) is 0 Å². The first-order valence-corrected chi connectivity index (χ1v) is 9.38. The van der Waals surface area contributed by atoms with Gasteiger partial charge in [0.05, 0.1) is 23.0 Å². The molecule has 4 heteroatoms. The summed E-state index contributed by atoms with van der Waals surface area (Å²) in [5, 5.41) is 11.5. The van der Waals surface area contributed by atoms with Gasteiger partial charge in [0, 0.05) is 31.3 Å². The summed E-state index contributed by atoms with van der Waals surface area (Å²) in [6, 6.07) is 26.6. The smallest absolute Gasteiger partial charge is 0.116 e. The Balaban J connectivity index is 1.59. The number of nitriles is 1. The van der Waals surface area contributed by atoms with Crippen LogP contribution in [0.2, 0.25) is 0 Å². The lowest BCUT2D eigenvalue weighted by atomic mass is 10.0. The zero-order valence-electron chi connectivity index (χ0n) is 14.3. The van der Waals surface area contributed by atoms with Crippen LogP contribution in [0.3, 0.4) is 0 Å². The summed E-state index contributed by atoms with van der Waals surface area (Å²) >= 11 is 1.80. The Kier molecular flexibility index (Phi) is 3.67. The lowest BCUT2D eigenvalue weighted by Gasteiger charge is -2.05. The molecule has 0 N–H and O–H groups in total. The molecule has 5 rings (SSSR count). The number of aromatic nitrogens is 2. The minimum absolute atomic E-state index is 0.642. The monoisotopic (exact) mass is 363 g/mol. The fraction of sp³-hybridized carbons (Fsp3) is 0. The molecule has 0 fully saturated rings. The Hall–Kier alpha value is -3.55. The van der Waals surface area contributed by atoms with E-state index in [9.17, 15) is 0 Å². The number of thiophene rings is 1. The Morgan fingerprint density at radius 3 is 2.22 bits per heavy atom. The molecule has 0 saturated heterocycles. The maximum atomic E-state index is 8.96. The lowest BCUT2D eigenvalue weighted by molar-refractivity contribution is 1.18. The molecule has 2 aromatic heterocycles. The fourth-order valence-corrected chi connectivity index (χ4v) is 4.42. The van der Waals surface area contributed by atoms with Gasteiger partial charge in [0.25, 0.3) is 0 Å². The molecular formula is C23H13N3S. The lowest BCUT2D eigenvalue weighted by Crippen LogP contribution is -1.89. The number of fused-ring (bicyclic) bond motifs is 3. The molecule has 0 bridgehead atoms. The van der Waals surface area contributed by atoms with Gasteiger partial charge in [-0.3, -0.25) is 0 Å². The summed E-state index contributed by atoms with van der Waals surface area (Å²) in [5.41, 5.74) is 4.43. The van der Waals surface area contributed by atoms with Crippen LogP contribution < -0.4 is 0 Å². The van der Waals surface area contributed by atoms with Crippen LogP contribution in [0.4, 0.5) is 0 Å². The number of rotatable bonds is 2. The van der Waals surface area contributed by atoms with Gasteiger partial charge in [-0.2, -0.15) is 5.26 Å². The minimum atomic E-state index is 0.642. The molecule has 0 spiro atoms. The second-order valence-corrected chi connectivity index (χ2v) is 7.37. The third-order valence-electron chi connectivity index (χ3n) is 4.65. The molecule has 2 heterocycles. The number of hydrogen-bond donors (Lipinski definition) is 0. The summed E-state index contributed by atoms with van der Waals surface area (Å²) in [6.07, 6.45) is 1.60. The van der Waals surface area contributed by atoms with Gasteiger partial charge in [-0.1, -0.05) is 42.5 Å². The van der Waals surface area contributed by atoms with Crippen molar-refractivity contribution < 1.29 is 0 Å². The molecule has 3 nitrogen and oxygen atoms in total. The van der Waals surface area contributed by atoms with Crippen molar-refractivity contribution in [2.24, 2.45) is 0 Å². The van der Waals surface area contributed by atoms with E-state index in [-0.39, 0.29) is 0 Å². The van der Waals surface area contributed by atoms with Crippen LogP contribution in [0.5, 0.6) is 0 Å². The van der Waals surface area contributed by atoms with Crippen molar-refractivity contribution in [2.45, 2.75) is 0 Å². The van der Waals surface area contributed by atoms with Crippen LogP contribution in [-0.2, 0) is 0 Å². The maximum absolute atomic E-state index is 8.96. The van der Waals surface area contributed by atoms with Gasteiger partial charge in [-0.15, -0.1) is 11.3 Å². The van der Waals surface area contributed by atoms with Gasteiger partial charge < -0.3 is 0 Å². The van der Waals surface area contributed by atoms with Crippen LogP contribution in [0.25, 0.3) is 42.7 Å². The Morgan fingerprint density at radius 1 is 0.704 bits per heavy atom. The van der Waals surface area contributed by atoms with Crippen molar-refractivity contribution in [3.05, 3.63) is 84.7 Å². The standard InChI is InChI=1S/C23H13N3S/c24-13-15-5-7-16(8-6-15)20-12-21(26-14-25-20)17-9-10-19-18-3-1-2-4-22(18)27-23(19)11-17/h1-12,14H. The first kappa shape index (κ1) is 15.7. The van der Waals surface area contributed by atoms with E-state index in [0.29, 0.717) is 5.56 Å². The predicted molar refractivity (Wildman–Crippen MR) is 111 cm³/mol. The molecule has 0 unspecified atom stereocenters. The average molecular weight is 363 g/mol. The molecular weight excluding hydrogens is 350 g/mol. The highest BCUT2D eigenvalue weighted by Crippen LogP contribution is 2.36. The van der Waals surface area contributed by atoms with Crippen LogP contribution in [0, 0.1) is 11.3 Å². The normalized spacial score (nSPS) is 10.9. The highest BCUT2D eigenvalue weighted by Gasteiger charge is 2.08. The van der Waals surface area contributed by atoms with E-state index in [4.69, 9.17) is 5.26 Å². The van der Waals surface area contributed by atoms with E-state index in [0.717, 1.165) is 22.5 Å². The fourth-order valence-electron chi connectivity index (χ4n) is 3.27. The second-order valence-electron chi connectivity index (χ2n) is 6.29. The summed E-state index contributed by atoms with van der Waals surface area (Å²) in [7, 11) is 0. The SMILES string of the molecule is N#Cc1ccc(-c2cc(-c3ccc4c(c3)sc3ccccc34)ncn2)cc1. The quantitative estimate of drug-likeness (QED) is 0.383. The van der Waals surface area contributed by atoms with Crippen LogP contribution in [0.1, 0.15) is 5.56 Å². The maximum Gasteiger partial charge on any atom is 0.116 e. The topological polar surface area (TPSA) is 49.6 Å². The molecule has 0 saturated carbocycles. The van der Waals surface area contributed by atoms with Gasteiger partial charge in [0.2, 0.25) is 0 Å². The first-order valence-electron chi connectivity index (χ1n) is 8.56. The van der Waals surface area contributed by atoms with E-state index >= 15 is 0 Å². The number of hydrogen-bond acceptors (Lipinski definition) is 4. The molecule has 0 aliphatic heterocycles. The van der Waals surface area contributed by atoms with Crippen molar-refractivity contribution in [3.8, 4) is 28.6 Å². The summed E-state index contributed by atoms with van der Waals surface area (Å²) in [4.78, 5) is 8.87. The zero-order chi connectivity index (χ0) is 18.2. The summed E-state index contributed by atoms with van der Waals surface area (Å²) < 4.78 is 2.55. The van der Waals surface area contributed by atoms with Gasteiger partial charge >= 0.3 is 0 Å². The van der Waals surface area contributed by atoms with Gasteiger partial charge in [-0.25, -0.2) is 9.97 Å². The van der Waals surface area contributed by atoms with Crippen molar-refractivity contribution >= 4 is 31.5 Å². The van der Waals surface area contributed by atoms with E-state index in [1.165, 1.54) is 20.2 Å². The van der Waals surface area contributed by atoms with E-state index in [2.05, 4.69) is 58.5 Å².